The zero-order chi connectivity index (χ0) is 13.6. The lowest BCUT2D eigenvalue weighted by Gasteiger charge is -2.29. The van der Waals surface area contributed by atoms with Crippen LogP contribution in [-0.2, 0) is 4.74 Å². The van der Waals surface area contributed by atoms with Crippen LogP contribution in [0.2, 0.25) is 0 Å². The molecule has 3 heteroatoms. The minimum atomic E-state index is -0.423. The molecule has 0 aromatic heterocycles. The van der Waals surface area contributed by atoms with Gasteiger partial charge in [0.05, 0.1) is 0 Å². The van der Waals surface area contributed by atoms with Gasteiger partial charge in [-0.05, 0) is 51.9 Å². The summed E-state index contributed by atoms with van der Waals surface area (Å²) in [6.45, 7) is 10.2. The molecule has 0 unspecified atom stereocenters. The average molecular weight is 253 g/mol. The summed E-state index contributed by atoms with van der Waals surface area (Å²) in [5.74, 6) is 0. The Kier molecular flexibility index (Phi) is 5.24. The molecule has 1 amide bonds. The molecule has 3 nitrogen and oxygen atoms in total. The van der Waals surface area contributed by atoms with Gasteiger partial charge in [-0.3, -0.25) is 0 Å². The molecule has 0 atom stereocenters. The van der Waals surface area contributed by atoms with Gasteiger partial charge in [0.2, 0.25) is 0 Å². The van der Waals surface area contributed by atoms with Gasteiger partial charge in [-0.2, -0.15) is 0 Å². The third-order valence-corrected chi connectivity index (χ3v) is 3.55. The third-order valence-electron chi connectivity index (χ3n) is 3.55. The van der Waals surface area contributed by atoms with E-state index in [0.29, 0.717) is 0 Å². The van der Waals surface area contributed by atoms with Crippen LogP contribution in [0.4, 0.5) is 4.79 Å². The molecule has 1 aliphatic carbocycles. The summed E-state index contributed by atoms with van der Waals surface area (Å²) in [5.41, 5.74) is -0.154. The Morgan fingerprint density at radius 3 is 2.50 bits per heavy atom. The van der Waals surface area contributed by atoms with Crippen molar-refractivity contribution in [1.29, 1.82) is 0 Å². The zero-order valence-corrected chi connectivity index (χ0v) is 12.1. The van der Waals surface area contributed by atoms with E-state index < -0.39 is 5.60 Å². The van der Waals surface area contributed by atoms with E-state index in [1.54, 1.807) is 0 Å². The Bertz CT molecular complexity index is 285. The molecule has 0 saturated heterocycles. The number of carbonyl (C=O) groups excluding carboxylic acids is 1. The largest absolute Gasteiger partial charge is 0.444 e. The first-order valence-electron chi connectivity index (χ1n) is 6.95. The summed E-state index contributed by atoms with van der Waals surface area (Å²) in [6.07, 6.45) is 8.76. The Balaban J connectivity index is 2.42. The number of carbonyl (C=O) groups is 1. The molecule has 1 saturated carbocycles. The first kappa shape index (κ1) is 15.1. The number of amides is 1. The van der Waals surface area contributed by atoms with Crippen molar-refractivity contribution < 1.29 is 9.53 Å². The molecule has 1 N–H and O–H groups in total. The average Bonchev–Trinajstić information content (AvgIpc) is 2.71. The summed E-state index contributed by atoms with van der Waals surface area (Å²) in [4.78, 5) is 11.7. The Labute approximate surface area is 111 Å². The minimum absolute atomic E-state index is 0.269. The van der Waals surface area contributed by atoms with Crippen molar-refractivity contribution in [2.75, 3.05) is 6.54 Å². The number of rotatable bonds is 5. The van der Waals surface area contributed by atoms with E-state index >= 15 is 0 Å². The van der Waals surface area contributed by atoms with E-state index in [2.05, 4.69) is 11.9 Å². The second-order valence-electron chi connectivity index (χ2n) is 6.39. The normalized spacial score (nSPS) is 18.4. The van der Waals surface area contributed by atoms with Crippen molar-refractivity contribution in [2.45, 2.75) is 64.9 Å². The SMILES string of the molecule is C=CCCC1(CNC(=O)OC(C)(C)C)CCCC1. The van der Waals surface area contributed by atoms with Crippen molar-refractivity contribution in [3.63, 3.8) is 0 Å². The van der Waals surface area contributed by atoms with Gasteiger partial charge in [0.1, 0.15) is 5.60 Å². The van der Waals surface area contributed by atoms with E-state index in [9.17, 15) is 4.79 Å². The van der Waals surface area contributed by atoms with Gasteiger partial charge in [-0.25, -0.2) is 4.79 Å². The van der Waals surface area contributed by atoms with E-state index in [0.717, 1.165) is 19.4 Å². The fourth-order valence-corrected chi connectivity index (χ4v) is 2.62. The second-order valence-corrected chi connectivity index (χ2v) is 6.39. The molecule has 0 spiro atoms. The Hall–Kier alpha value is -0.990. The van der Waals surface area contributed by atoms with Crippen molar-refractivity contribution in [1.82, 2.24) is 5.32 Å². The maximum Gasteiger partial charge on any atom is 0.407 e. The highest BCUT2D eigenvalue weighted by atomic mass is 16.6. The Morgan fingerprint density at radius 2 is 2.00 bits per heavy atom. The molecule has 18 heavy (non-hydrogen) atoms. The first-order chi connectivity index (χ1) is 8.37. The first-order valence-corrected chi connectivity index (χ1v) is 6.95. The summed E-state index contributed by atoms with van der Waals surface area (Å²) in [6, 6.07) is 0. The fourth-order valence-electron chi connectivity index (χ4n) is 2.62. The zero-order valence-electron chi connectivity index (χ0n) is 12.1. The van der Waals surface area contributed by atoms with E-state index in [4.69, 9.17) is 4.74 Å². The van der Waals surface area contributed by atoms with Gasteiger partial charge in [0, 0.05) is 6.54 Å². The highest BCUT2D eigenvalue weighted by Crippen LogP contribution is 2.41. The van der Waals surface area contributed by atoms with Crippen LogP contribution in [0.1, 0.15) is 59.3 Å². The van der Waals surface area contributed by atoms with Crippen molar-refractivity contribution in [3.8, 4) is 0 Å². The smallest absolute Gasteiger partial charge is 0.407 e. The highest BCUT2D eigenvalue weighted by molar-refractivity contribution is 5.67. The highest BCUT2D eigenvalue weighted by Gasteiger charge is 2.33. The lowest BCUT2D eigenvalue weighted by atomic mass is 9.81. The van der Waals surface area contributed by atoms with Crippen LogP contribution < -0.4 is 5.32 Å². The summed E-state index contributed by atoms with van der Waals surface area (Å²) in [7, 11) is 0. The third kappa shape index (κ3) is 5.11. The van der Waals surface area contributed by atoms with Gasteiger partial charge in [0.15, 0.2) is 0 Å². The predicted octanol–water partition coefficient (Wildman–Crippen LogP) is 4.04. The molecule has 0 aromatic carbocycles. The lowest BCUT2D eigenvalue weighted by molar-refractivity contribution is 0.0497. The molecule has 104 valence electrons. The lowest BCUT2D eigenvalue weighted by Crippen LogP contribution is -2.39. The molecule has 1 aliphatic rings. The van der Waals surface area contributed by atoms with Gasteiger partial charge in [-0.1, -0.05) is 18.9 Å². The van der Waals surface area contributed by atoms with Crippen LogP contribution in [-0.4, -0.2) is 18.2 Å². The second kappa shape index (κ2) is 6.26. The topological polar surface area (TPSA) is 38.3 Å². The molecule has 0 heterocycles. The number of nitrogens with one attached hydrogen (secondary N) is 1. The number of hydrogen-bond acceptors (Lipinski definition) is 2. The van der Waals surface area contributed by atoms with Gasteiger partial charge in [0.25, 0.3) is 0 Å². The standard InChI is InChI=1S/C15H27NO2/c1-5-6-9-15(10-7-8-11-15)12-16-13(17)18-14(2,3)4/h5H,1,6-12H2,2-4H3,(H,16,17). The minimum Gasteiger partial charge on any atom is -0.444 e. The summed E-state index contributed by atoms with van der Waals surface area (Å²) < 4.78 is 5.28. The van der Waals surface area contributed by atoms with Gasteiger partial charge < -0.3 is 10.1 Å². The van der Waals surface area contributed by atoms with Crippen molar-refractivity contribution >= 4 is 6.09 Å². The van der Waals surface area contributed by atoms with Crippen LogP contribution in [0.25, 0.3) is 0 Å². The molecule has 1 fully saturated rings. The molecular weight excluding hydrogens is 226 g/mol. The monoisotopic (exact) mass is 253 g/mol. The fraction of sp³-hybridized carbons (Fsp3) is 0.800. The molecule has 0 radical (unpaired) electrons. The van der Waals surface area contributed by atoms with Gasteiger partial charge in [-0.15, -0.1) is 6.58 Å². The predicted molar refractivity (Wildman–Crippen MR) is 74.6 cm³/mol. The number of hydrogen-bond donors (Lipinski definition) is 1. The quantitative estimate of drug-likeness (QED) is 0.751. The maximum absolute atomic E-state index is 11.7. The summed E-state index contributed by atoms with van der Waals surface area (Å²) in [5, 5.41) is 2.94. The van der Waals surface area contributed by atoms with Crippen LogP contribution in [0, 0.1) is 5.41 Å². The summed E-state index contributed by atoms with van der Waals surface area (Å²) >= 11 is 0. The molecule has 1 rings (SSSR count). The van der Waals surface area contributed by atoms with E-state index in [1.165, 1.54) is 25.7 Å². The van der Waals surface area contributed by atoms with Crippen LogP contribution in [0.5, 0.6) is 0 Å². The maximum atomic E-state index is 11.7. The molecule has 0 aromatic rings. The van der Waals surface area contributed by atoms with Gasteiger partial charge >= 0.3 is 6.09 Å². The number of alkyl carbamates (subject to hydrolysis) is 1. The van der Waals surface area contributed by atoms with Crippen LogP contribution in [0.15, 0.2) is 12.7 Å². The van der Waals surface area contributed by atoms with Crippen LogP contribution >= 0.6 is 0 Å². The molecule has 0 aliphatic heterocycles. The van der Waals surface area contributed by atoms with Crippen molar-refractivity contribution in [3.05, 3.63) is 12.7 Å². The van der Waals surface area contributed by atoms with E-state index in [-0.39, 0.29) is 11.5 Å². The number of ether oxygens (including phenoxy) is 1. The van der Waals surface area contributed by atoms with Crippen LogP contribution in [0.3, 0.4) is 0 Å². The Morgan fingerprint density at radius 1 is 1.39 bits per heavy atom. The molecular formula is C15H27NO2. The van der Waals surface area contributed by atoms with Crippen molar-refractivity contribution in [2.24, 2.45) is 5.41 Å². The van der Waals surface area contributed by atoms with E-state index in [1.807, 2.05) is 26.8 Å². The number of allylic oxidation sites excluding steroid dienone is 1. The molecule has 0 bridgehead atoms.